The molecule has 0 aliphatic heterocycles. The highest BCUT2D eigenvalue weighted by atomic mass is 16.4. The summed E-state index contributed by atoms with van der Waals surface area (Å²) >= 11 is 0. The van der Waals surface area contributed by atoms with Crippen molar-refractivity contribution >= 4 is 22.7 Å². The molecule has 36 heavy (non-hydrogen) atoms. The molecule has 1 atom stereocenters. The number of nitrogens with zero attached hydrogens (tertiary/aromatic N) is 1. The molecule has 1 aromatic heterocycles. The fourth-order valence-corrected chi connectivity index (χ4v) is 3.72. The Labute approximate surface area is 209 Å². The van der Waals surface area contributed by atoms with Crippen molar-refractivity contribution in [3.63, 3.8) is 0 Å². The van der Waals surface area contributed by atoms with E-state index in [4.69, 9.17) is 10.2 Å². The zero-order chi connectivity index (χ0) is 25.9. The molecule has 0 fully saturated rings. The average molecular weight is 485 g/mol. The van der Waals surface area contributed by atoms with Crippen molar-refractivity contribution in [2.45, 2.75) is 26.1 Å². The molecular formula is C29H28N2O5. The molecular weight excluding hydrogens is 456 g/mol. The summed E-state index contributed by atoms with van der Waals surface area (Å²) in [5.41, 5.74) is 3.51. The van der Waals surface area contributed by atoms with Crippen LogP contribution in [0.25, 0.3) is 21.9 Å². The maximum atomic E-state index is 13.1. The third-order valence-electron chi connectivity index (χ3n) is 5.41. The van der Waals surface area contributed by atoms with Crippen LogP contribution in [0.2, 0.25) is 0 Å². The van der Waals surface area contributed by atoms with Crippen LogP contribution < -0.4 is 10.9 Å². The van der Waals surface area contributed by atoms with Gasteiger partial charge in [0.05, 0.1) is 0 Å². The van der Waals surface area contributed by atoms with E-state index in [0.717, 1.165) is 28.4 Å². The lowest BCUT2D eigenvalue weighted by Crippen LogP contribution is -2.34. The first kappa shape index (κ1) is 26.1. The second kappa shape index (κ2) is 12.8. The molecule has 4 rings (SSSR count). The number of carboxylic acids is 2. The number of carbonyl (C=O) groups is 2. The Kier molecular flexibility index (Phi) is 9.31. The summed E-state index contributed by atoms with van der Waals surface area (Å²) < 4.78 is 1.84. The van der Waals surface area contributed by atoms with E-state index in [1.165, 1.54) is 5.56 Å². The summed E-state index contributed by atoms with van der Waals surface area (Å²) in [6, 6.07) is 28.6. The van der Waals surface area contributed by atoms with Gasteiger partial charge in [-0.05, 0) is 29.5 Å². The van der Waals surface area contributed by atoms with Crippen LogP contribution in [-0.2, 0) is 22.7 Å². The van der Waals surface area contributed by atoms with E-state index < -0.39 is 11.9 Å². The Morgan fingerprint density at radius 3 is 1.94 bits per heavy atom. The maximum Gasteiger partial charge on any atom is 0.328 e. The van der Waals surface area contributed by atoms with Crippen LogP contribution in [0.15, 0.2) is 108 Å². The first-order valence-corrected chi connectivity index (χ1v) is 11.4. The van der Waals surface area contributed by atoms with Gasteiger partial charge in [0.15, 0.2) is 0 Å². The predicted octanol–water partition coefficient (Wildman–Crippen LogP) is 4.56. The minimum atomic E-state index is -1.26. The van der Waals surface area contributed by atoms with E-state index in [0.29, 0.717) is 18.7 Å². The van der Waals surface area contributed by atoms with Crippen LogP contribution in [0, 0.1) is 0 Å². The Hall–Kier alpha value is -4.49. The van der Waals surface area contributed by atoms with Crippen molar-refractivity contribution < 1.29 is 19.8 Å². The van der Waals surface area contributed by atoms with Gasteiger partial charge in [-0.1, -0.05) is 78.9 Å². The van der Waals surface area contributed by atoms with Gasteiger partial charge < -0.3 is 20.1 Å². The molecule has 0 spiro atoms. The molecule has 0 aliphatic carbocycles. The maximum absolute atomic E-state index is 13.1. The summed E-state index contributed by atoms with van der Waals surface area (Å²) in [5, 5.41) is 20.9. The summed E-state index contributed by atoms with van der Waals surface area (Å²) in [6.07, 6.45) is 3.12. The van der Waals surface area contributed by atoms with Crippen molar-refractivity contribution in [1.82, 2.24) is 9.88 Å². The molecule has 3 N–H and O–H groups in total. The third-order valence-corrected chi connectivity index (χ3v) is 5.41. The minimum absolute atomic E-state index is 0.0589. The van der Waals surface area contributed by atoms with Crippen LogP contribution in [0.3, 0.4) is 0 Å². The topological polar surface area (TPSA) is 109 Å². The number of hydrogen-bond acceptors (Lipinski definition) is 4. The molecule has 0 saturated carbocycles. The summed E-state index contributed by atoms with van der Waals surface area (Å²) in [5.74, 6) is -2.51. The summed E-state index contributed by atoms with van der Waals surface area (Å²) in [6.45, 7) is 3.53. The van der Waals surface area contributed by atoms with Gasteiger partial charge in [0.25, 0.3) is 5.56 Å². The summed E-state index contributed by atoms with van der Waals surface area (Å²) in [4.78, 5) is 32.2. The highest BCUT2D eigenvalue weighted by Gasteiger charge is 2.12. The fourth-order valence-electron chi connectivity index (χ4n) is 3.72. The Morgan fingerprint density at radius 1 is 0.833 bits per heavy atom. The number of aromatic nitrogens is 1. The SMILES string of the molecule is CC(Cn1cc(-c2ccccc2)c2ccccc2c1=O)NCc1ccccc1.O=C(O)/C=C\C(=O)O. The van der Waals surface area contributed by atoms with E-state index >= 15 is 0 Å². The normalized spacial score (nSPS) is 11.6. The molecule has 7 heteroatoms. The molecule has 0 radical (unpaired) electrons. The molecule has 184 valence electrons. The molecule has 4 aromatic rings. The van der Waals surface area contributed by atoms with Gasteiger partial charge in [0.2, 0.25) is 0 Å². The molecule has 0 aliphatic rings. The largest absolute Gasteiger partial charge is 0.478 e. The van der Waals surface area contributed by atoms with Crippen LogP contribution in [0.4, 0.5) is 0 Å². The van der Waals surface area contributed by atoms with Gasteiger partial charge in [-0.3, -0.25) is 4.79 Å². The number of fused-ring (bicyclic) bond motifs is 1. The highest BCUT2D eigenvalue weighted by Crippen LogP contribution is 2.26. The number of nitrogens with one attached hydrogen (secondary N) is 1. The van der Waals surface area contributed by atoms with Crippen LogP contribution in [0.1, 0.15) is 12.5 Å². The second-order valence-corrected chi connectivity index (χ2v) is 8.19. The zero-order valence-corrected chi connectivity index (χ0v) is 19.9. The van der Waals surface area contributed by atoms with Gasteiger partial charge in [0.1, 0.15) is 0 Å². The Morgan fingerprint density at radius 2 is 1.36 bits per heavy atom. The lowest BCUT2D eigenvalue weighted by Gasteiger charge is -2.18. The van der Waals surface area contributed by atoms with Crippen molar-refractivity contribution in [2.24, 2.45) is 0 Å². The number of aliphatic carboxylic acids is 2. The fraction of sp³-hybridized carbons (Fsp3) is 0.138. The zero-order valence-electron chi connectivity index (χ0n) is 19.9. The van der Waals surface area contributed by atoms with Crippen molar-refractivity contribution in [3.05, 3.63) is 119 Å². The number of rotatable bonds is 8. The van der Waals surface area contributed by atoms with Gasteiger partial charge in [-0.15, -0.1) is 0 Å². The van der Waals surface area contributed by atoms with E-state index in [-0.39, 0.29) is 11.6 Å². The summed E-state index contributed by atoms with van der Waals surface area (Å²) in [7, 11) is 0. The highest BCUT2D eigenvalue weighted by molar-refractivity contribution is 5.95. The number of hydrogen-bond donors (Lipinski definition) is 3. The lowest BCUT2D eigenvalue weighted by atomic mass is 10.0. The molecule has 7 nitrogen and oxygen atoms in total. The molecule has 0 amide bonds. The first-order valence-electron chi connectivity index (χ1n) is 11.4. The standard InChI is InChI=1S/C25H24N2O.C4H4O4/c1-19(26-16-20-10-4-2-5-11-20)17-27-18-24(21-12-6-3-7-13-21)22-14-8-9-15-23(22)25(27)28;5-3(6)1-2-4(7)8/h2-15,18-19,26H,16-17H2,1H3;1-2H,(H,5,6)(H,7,8)/b;2-1-. The van der Waals surface area contributed by atoms with Gasteiger partial charge in [-0.2, -0.15) is 0 Å². The Balaban J connectivity index is 0.000000392. The van der Waals surface area contributed by atoms with Crippen molar-refractivity contribution in [1.29, 1.82) is 0 Å². The van der Waals surface area contributed by atoms with Crippen LogP contribution in [-0.4, -0.2) is 32.8 Å². The first-order chi connectivity index (χ1) is 17.3. The van der Waals surface area contributed by atoms with Crippen molar-refractivity contribution in [2.75, 3.05) is 0 Å². The lowest BCUT2D eigenvalue weighted by molar-refractivity contribution is -0.134. The quantitative estimate of drug-likeness (QED) is 0.317. The van der Waals surface area contributed by atoms with E-state index in [1.807, 2.05) is 71.4 Å². The number of pyridine rings is 1. The van der Waals surface area contributed by atoms with Crippen LogP contribution >= 0.6 is 0 Å². The van der Waals surface area contributed by atoms with Gasteiger partial charge >= 0.3 is 11.9 Å². The van der Waals surface area contributed by atoms with Gasteiger partial charge in [-0.25, -0.2) is 9.59 Å². The monoisotopic (exact) mass is 484 g/mol. The molecule has 3 aromatic carbocycles. The predicted molar refractivity (Wildman–Crippen MR) is 141 cm³/mol. The number of carboxylic acid groups (broad SMARTS) is 2. The average Bonchev–Trinajstić information content (AvgIpc) is 2.89. The van der Waals surface area contributed by atoms with Crippen LogP contribution in [0.5, 0.6) is 0 Å². The molecule has 1 unspecified atom stereocenters. The third kappa shape index (κ3) is 7.51. The molecule has 0 bridgehead atoms. The van der Waals surface area contributed by atoms with Gasteiger partial charge in [0, 0.05) is 48.4 Å². The molecule has 1 heterocycles. The second-order valence-electron chi connectivity index (χ2n) is 8.19. The Bertz CT molecular complexity index is 1380. The van der Waals surface area contributed by atoms with E-state index in [2.05, 4.69) is 36.5 Å². The smallest absolute Gasteiger partial charge is 0.328 e. The van der Waals surface area contributed by atoms with E-state index in [1.54, 1.807) is 0 Å². The van der Waals surface area contributed by atoms with Crippen molar-refractivity contribution in [3.8, 4) is 11.1 Å². The van der Waals surface area contributed by atoms with E-state index in [9.17, 15) is 14.4 Å². The number of benzene rings is 3. The molecule has 0 saturated heterocycles. The minimum Gasteiger partial charge on any atom is -0.478 e.